The van der Waals surface area contributed by atoms with E-state index >= 15 is 0 Å². The lowest BCUT2D eigenvalue weighted by molar-refractivity contribution is -0.0843. The van der Waals surface area contributed by atoms with E-state index in [1.807, 2.05) is 48.9 Å². The summed E-state index contributed by atoms with van der Waals surface area (Å²) in [7, 11) is 1.62. The second kappa shape index (κ2) is 10.4. The summed E-state index contributed by atoms with van der Waals surface area (Å²) in [6.45, 7) is 6.69. The van der Waals surface area contributed by atoms with Crippen LogP contribution in [0.5, 0.6) is 5.75 Å². The van der Waals surface area contributed by atoms with Crippen LogP contribution in [0.4, 0.5) is 4.39 Å². The molecule has 0 saturated carbocycles. The molecule has 1 N–H and O–H groups in total. The van der Waals surface area contributed by atoms with Crippen molar-refractivity contribution < 1.29 is 18.7 Å². The summed E-state index contributed by atoms with van der Waals surface area (Å²) in [4.78, 5) is 15.9. The average molecular weight is 493 g/mol. The van der Waals surface area contributed by atoms with Gasteiger partial charge in [0.15, 0.2) is 5.69 Å². The molecule has 0 aliphatic carbocycles. The quantitative estimate of drug-likeness (QED) is 0.498. The van der Waals surface area contributed by atoms with E-state index in [4.69, 9.17) is 14.6 Å². The highest BCUT2D eigenvalue weighted by atomic mass is 19.1. The third kappa shape index (κ3) is 5.15. The number of halogens is 1. The number of carbonyl (C=O) groups excluding carboxylic acids is 1. The van der Waals surface area contributed by atoms with Gasteiger partial charge in [0.25, 0.3) is 5.91 Å². The number of benzene rings is 2. The van der Waals surface area contributed by atoms with Crippen molar-refractivity contribution in [2.45, 2.75) is 57.9 Å². The molecule has 0 radical (unpaired) electrons. The van der Waals surface area contributed by atoms with Crippen molar-refractivity contribution in [1.29, 1.82) is 0 Å². The average Bonchev–Trinajstić information content (AvgIpc) is 3.22. The molecule has 1 amide bonds. The van der Waals surface area contributed by atoms with Gasteiger partial charge in [-0.15, -0.1) is 0 Å². The number of fused-ring (bicyclic) bond motifs is 3. The normalized spacial score (nSPS) is 21.8. The molecule has 2 aromatic carbocycles. The molecule has 5 rings (SSSR count). The Hall–Kier alpha value is -3.23. The summed E-state index contributed by atoms with van der Waals surface area (Å²) >= 11 is 0. The van der Waals surface area contributed by atoms with Crippen LogP contribution in [-0.4, -0.2) is 59.0 Å². The van der Waals surface area contributed by atoms with E-state index in [2.05, 4.69) is 16.3 Å². The van der Waals surface area contributed by atoms with E-state index in [0.717, 1.165) is 35.9 Å². The topological polar surface area (TPSA) is 68.6 Å². The van der Waals surface area contributed by atoms with Crippen LogP contribution in [0.15, 0.2) is 54.1 Å². The number of methoxy groups -OCH3 is 1. The lowest BCUT2D eigenvalue weighted by Crippen LogP contribution is -2.60. The minimum absolute atomic E-state index is 0.0319. The van der Waals surface area contributed by atoms with E-state index in [-0.39, 0.29) is 29.8 Å². The number of ether oxygens (including phenoxy) is 2. The first-order valence-corrected chi connectivity index (χ1v) is 12.5. The van der Waals surface area contributed by atoms with Gasteiger partial charge >= 0.3 is 0 Å². The molecule has 1 aromatic heterocycles. The third-order valence-corrected chi connectivity index (χ3v) is 7.13. The van der Waals surface area contributed by atoms with Crippen LogP contribution < -0.4 is 10.1 Å². The predicted octanol–water partition coefficient (Wildman–Crippen LogP) is 4.31. The molecule has 3 heterocycles. The van der Waals surface area contributed by atoms with E-state index in [0.29, 0.717) is 31.2 Å². The molecule has 7 nitrogen and oxygen atoms in total. The van der Waals surface area contributed by atoms with Crippen LogP contribution in [0, 0.1) is 5.82 Å². The summed E-state index contributed by atoms with van der Waals surface area (Å²) in [6.07, 6.45) is 3.68. The number of morpholine rings is 1. The van der Waals surface area contributed by atoms with Crippen LogP contribution in [-0.2, 0) is 17.8 Å². The number of carbonyl (C=O) groups is 1. The predicted molar refractivity (Wildman–Crippen MR) is 137 cm³/mol. The maximum Gasteiger partial charge on any atom is 0.272 e. The van der Waals surface area contributed by atoms with E-state index in [9.17, 15) is 9.18 Å². The first-order chi connectivity index (χ1) is 17.4. The zero-order valence-electron chi connectivity index (χ0n) is 21.0. The highest BCUT2D eigenvalue weighted by Gasteiger charge is 2.39. The maximum absolute atomic E-state index is 13.5. The minimum atomic E-state index is -0.225. The van der Waals surface area contributed by atoms with Crippen molar-refractivity contribution in [3.8, 4) is 5.75 Å². The molecule has 2 aliphatic rings. The summed E-state index contributed by atoms with van der Waals surface area (Å²) in [5, 5.41) is 8.74. The van der Waals surface area contributed by atoms with Crippen LogP contribution in [0.25, 0.3) is 10.9 Å². The molecular weight excluding hydrogens is 459 g/mol. The number of hydrogen-bond donors (Lipinski definition) is 1. The fourth-order valence-corrected chi connectivity index (χ4v) is 5.28. The smallest absolute Gasteiger partial charge is 0.272 e. The number of allylic oxidation sites excluding steroid dienone is 2. The number of hydrogen-bond acceptors (Lipinski definition) is 5. The number of amides is 1. The van der Waals surface area contributed by atoms with Crippen molar-refractivity contribution in [3.05, 3.63) is 71.2 Å². The van der Waals surface area contributed by atoms with Gasteiger partial charge in [0, 0.05) is 30.1 Å². The van der Waals surface area contributed by atoms with Gasteiger partial charge in [-0.1, -0.05) is 23.8 Å². The van der Waals surface area contributed by atoms with Gasteiger partial charge in [0.2, 0.25) is 0 Å². The van der Waals surface area contributed by atoms with Gasteiger partial charge in [-0.3, -0.25) is 14.4 Å². The summed E-state index contributed by atoms with van der Waals surface area (Å²) < 4.78 is 26.5. The summed E-state index contributed by atoms with van der Waals surface area (Å²) in [5.74, 6) is 0.302. The van der Waals surface area contributed by atoms with Gasteiger partial charge in [0.05, 0.1) is 32.4 Å². The van der Waals surface area contributed by atoms with Crippen molar-refractivity contribution in [2.75, 3.05) is 20.3 Å². The molecule has 36 heavy (non-hydrogen) atoms. The molecular formula is C28H33FN4O3. The first-order valence-electron chi connectivity index (χ1n) is 12.5. The Morgan fingerprint density at radius 2 is 1.89 bits per heavy atom. The Balaban J connectivity index is 1.33. The van der Waals surface area contributed by atoms with Gasteiger partial charge in [-0.25, -0.2) is 4.39 Å². The second-order valence-electron chi connectivity index (χ2n) is 9.98. The van der Waals surface area contributed by atoms with E-state index < -0.39 is 0 Å². The van der Waals surface area contributed by atoms with Crippen molar-refractivity contribution in [3.63, 3.8) is 0 Å². The molecule has 3 atom stereocenters. The van der Waals surface area contributed by atoms with Crippen molar-refractivity contribution in [1.82, 2.24) is 20.0 Å². The van der Waals surface area contributed by atoms with Gasteiger partial charge in [0.1, 0.15) is 11.6 Å². The molecule has 3 aromatic rings. The van der Waals surface area contributed by atoms with Gasteiger partial charge in [-0.2, -0.15) is 5.10 Å². The Labute approximate surface area is 210 Å². The number of piperidine rings is 1. The fraction of sp³-hybridized carbons (Fsp3) is 0.429. The summed E-state index contributed by atoms with van der Waals surface area (Å²) in [6, 6.07) is 12.8. The lowest BCUT2D eigenvalue weighted by atomic mass is 9.89. The zero-order chi connectivity index (χ0) is 25.2. The van der Waals surface area contributed by atoms with E-state index in [1.165, 1.54) is 17.7 Å². The molecule has 2 fully saturated rings. The van der Waals surface area contributed by atoms with Crippen LogP contribution >= 0.6 is 0 Å². The molecule has 0 unspecified atom stereocenters. The molecule has 2 bridgehead atoms. The standard InChI is InChI=1S/C28H33FN4O3/c1-18(2)10-11-33-26-9-8-24(35-3)14-25(26)27(31-33)28(34)30-21-12-22-16-36-17-23(13-21)32(22)15-19-4-6-20(29)7-5-19/h4-10,14,21-23H,11-13,15-17H2,1-3H3,(H,30,34)/t21-,22-,23+. The van der Waals surface area contributed by atoms with Crippen LogP contribution in [0.2, 0.25) is 0 Å². The molecule has 0 spiro atoms. The Bertz CT molecular complexity index is 1250. The molecule has 2 aliphatic heterocycles. The lowest BCUT2D eigenvalue weighted by Gasteiger charge is -2.48. The van der Waals surface area contributed by atoms with E-state index in [1.54, 1.807) is 7.11 Å². The minimum Gasteiger partial charge on any atom is -0.497 e. The van der Waals surface area contributed by atoms with Crippen molar-refractivity contribution >= 4 is 16.8 Å². The Kier molecular flexibility index (Phi) is 7.07. The number of nitrogens with one attached hydrogen (secondary N) is 1. The highest BCUT2D eigenvalue weighted by molar-refractivity contribution is 6.05. The largest absolute Gasteiger partial charge is 0.497 e. The number of nitrogens with zero attached hydrogens (tertiary/aromatic N) is 3. The van der Waals surface area contributed by atoms with Gasteiger partial charge < -0.3 is 14.8 Å². The Morgan fingerprint density at radius 1 is 1.17 bits per heavy atom. The molecule has 8 heteroatoms. The second-order valence-corrected chi connectivity index (χ2v) is 9.98. The van der Waals surface area contributed by atoms with Gasteiger partial charge in [-0.05, 0) is 62.6 Å². The zero-order valence-corrected chi connectivity index (χ0v) is 21.0. The third-order valence-electron chi connectivity index (χ3n) is 7.13. The highest BCUT2D eigenvalue weighted by Crippen LogP contribution is 2.30. The first kappa shape index (κ1) is 24.5. The number of aromatic nitrogens is 2. The molecule has 2 saturated heterocycles. The monoisotopic (exact) mass is 492 g/mol. The fourth-order valence-electron chi connectivity index (χ4n) is 5.28. The Morgan fingerprint density at radius 3 is 2.56 bits per heavy atom. The SMILES string of the molecule is COc1ccc2c(c1)c(C(=O)N[C@H]1C[C@H]3COC[C@@H](C1)N3Cc1ccc(F)cc1)nn2CC=C(C)C. The van der Waals surface area contributed by atoms with Crippen LogP contribution in [0.1, 0.15) is 42.7 Å². The summed E-state index contributed by atoms with van der Waals surface area (Å²) in [5.41, 5.74) is 3.59. The molecule has 190 valence electrons. The van der Waals surface area contributed by atoms with Crippen LogP contribution in [0.3, 0.4) is 0 Å². The number of rotatable bonds is 7. The van der Waals surface area contributed by atoms with Crippen molar-refractivity contribution in [2.24, 2.45) is 0 Å². The maximum atomic E-state index is 13.5.